The van der Waals surface area contributed by atoms with E-state index in [1.807, 2.05) is 38.1 Å². The third kappa shape index (κ3) is 8.48. The molecule has 1 aromatic heterocycles. The molecule has 2 aromatic rings. The van der Waals surface area contributed by atoms with Crippen LogP contribution < -0.4 is 27.4 Å². The van der Waals surface area contributed by atoms with Crippen molar-refractivity contribution in [3.05, 3.63) is 36.0 Å². The van der Waals surface area contributed by atoms with E-state index in [-0.39, 0.29) is 30.9 Å². The third-order valence-electron chi connectivity index (χ3n) is 6.40. The van der Waals surface area contributed by atoms with Crippen LogP contribution in [-0.2, 0) is 30.4 Å². The number of rotatable bonds is 15. The lowest BCUT2D eigenvalue weighted by atomic mass is 9.98. The zero-order valence-electron chi connectivity index (χ0n) is 21.4. The van der Waals surface area contributed by atoms with E-state index in [1.54, 1.807) is 6.20 Å². The molecule has 4 amide bonds. The first-order chi connectivity index (χ1) is 18.0. The Balaban J connectivity index is 2.23. The molecule has 1 aromatic carbocycles. The molecular weight excluding hydrogens is 512 g/mol. The molecule has 9 N–H and O–H groups in total. The second-order valence-electron chi connectivity index (χ2n) is 9.18. The highest BCUT2D eigenvalue weighted by molar-refractivity contribution is 7.80. The quantitative estimate of drug-likeness (QED) is 0.141. The Kier molecular flexibility index (Phi) is 11.6. The smallest absolute Gasteiger partial charge is 0.326 e. The van der Waals surface area contributed by atoms with E-state index in [0.717, 1.165) is 16.5 Å². The fraction of sp³-hybridized carbons (Fsp3) is 0.480. The highest BCUT2D eigenvalue weighted by Gasteiger charge is 2.31. The molecule has 2 rings (SSSR count). The van der Waals surface area contributed by atoms with Crippen LogP contribution in [0.3, 0.4) is 0 Å². The second-order valence-corrected chi connectivity index (χ2v) is 9.55. The highest BCUT2D eigenvalue weighted by atomic mass is 32.1. The molecule has 0 aliphatic carbocycles. The maximum absolute atomic E-state index is 13.3. The van der Waals surface area contributed by atoms with Gasteiger partial charge < -0.3 is 37.5 Å². The van der Waals surface area contributed by atoms with Crippen LogP contribution in [0.1, 0.15) is 38.7 Å². The summed E-state index contributed by atoms with van der Waals surface area (Å²) in [5.74, 6) is -4.33. The summed E-state index contributed by atoms with van der Waals surface area (Å²) in [5, 5.41) is 17.8. The largest absolute Gasteiger partial charge is 0.480 e. The van der Waals surface area contributed by atoms with Gasteiger partial charge in [-0.3, -0.25) is 19.2 Å². The van der Waals surface area contributed by atoms with E-state index in [2.05, 4.69) is 33.6 Å². The summed E-state index contributed by atoms with van der Waals surface area (Å²) in [4.78, 5) is 64.6. The zero-order chi connectivity index (χ0) is 28.4. The summed E-state index contributed by atoms with van der Waals surface area (Å²) in [5.41, 5.74) is 12.8. The van der Waals surface area contributed by atoms with Gasteiger partial charge in [0, 0.05) is 35.7 Å². The first-order valence-electron chi connectivity index (χ1n) is 12.3. The molecular formula is C25H36N6O6S. The molecule has 0 spiro atoms. The topological polar surface area (TPSA) is 209 Å². The molecule has 0 aliphatic rings. The summed E-state index contributed by atoms with van der Waals surface area (Å²) >= 11 is 4.13. The summed E-state index contributed by atoms with van der Waals surface area (Å²) in [6.07, 6.45) is 2.05. The van der Waals surface area contributed by atoms with Crippen LogP contribution in [0, 0.1) is 5.92 Å². The summed E-state index contributed by atoms with van der Waals surface area (Å²) in [6.45, 7) is 3.73. The van der Waals surface area contributed by atoms with Crippen LogP contribution in [0.2, 0.25) is 0 Å². The number of nitrogens with two attached hydrogens (primary N) is 2. The Hall–Kier alpha value is -3.58. The van der Waals surface area contributed by atoms with Crippen molar-refractivity contribution < 1.29 is 29.1 Å². The van der Waals surface area contributed by atoms with Crippen LogP contribution in [-0.4, -0.2) is 69.6 Å². The van der Waals surface area contributed by atoms with Gasteiger partial charge >= 0.3 is 5.97 Å². The number of aliphatic carboxylic acids is 1. The maximum atomic E-state index is 13.3. The molecule has 0 saturated carbocycles. The molecule has 1 heterocycles. The van der Waals surface area contributed by atoms with Gasteiger partial charge in [-0.25, -0.2) is 4.79 Å². The van der Waals surface area contributed by atoms with Crippen LogP contribution in [0.5, 0.6) is 0 Å². The molecule has 5 unspecified atom stereocenters. The Labute approximate surface area is 226 Å². The molecule has 0 aliphatic heterocycles. The number of carbonyl (C=O) groups excluding carboxylic acids is 4. The molecule has 12 nitrogen and oxygen atoms in total. The Bertz CT molecular complexity index is 1150. The number of carbonyl (C=O) groups is 5. The van der Waals surface area contributed by atoms with Gasteiger partial charge in [0.2, 0.25) is 23.6 Å². The Morgan fingerprint density at radius 2 is 1.61 bits per heavy atom. The summed E-state index contributed by atoms with van der Waals surface area (Å²) in [7, 11) is 0. The van der Waals surface area contributed by atoms with Gasteiger partial charge in [-0.2, -0.15) is 12.6 Å². The van der Waals surface area contributed by atoms with Crippen LogP contribution in [0.25, 0.3) is 10.9 Å². The first kappa shape index (κ1) is 30.6. The number of hydrogen-bond acceptors (Lipinski definition) is 7. The van der Waals surface area contributed by atoms with Gasteiger partial charge in [0.25, 0.3) is 0 Å². The van der Waals surface area contributed by atoms with Gasteiger partial charge in [-0.1, -0.05) is 38.5 Å². The van der Waals surface area contributed by atoms with Gasteiger partial charge in [0.05, 0.1) is 6.04 Å². The fourth-order valence-corrected chi connectivity index (χ4v) is 4.05. The van der Waals surface area contributed by atoms with E-state index in [1.165, 1.54) is 0 Å². The predicted octanol–water partition coefficient (Wildman–Crippen LogP) is -0.182. The van der Waals surface area contributed by atoms with E-state index in [9.17, 15) is 29.1 Å². The minimum atomic E-state index is -1.38. The lowest BCUT2D eigenvalue weighted by molar-refractivity contribution is -0.142. The van der Waals surface area contributed by atoms with Crippen molar-refractivity contribution in [3.63, 3.8) is 0 Å². The number of benzene rings is 1. The number of hydrogen-bond donors (Lipinski definition) is 8. The lowest BCUT2D eigenvalue weighted by Crippen LogP contribution is -2.58. The summed E-state index contributed by atoms with van der Waals surface area (Å²) < 4.78 is 0. The molecule has 0 saturated heterocycles. The van der Waals surface area contributed by atoms with Crippen molar-refractivity contribution in [2.45, 2.75) is 63.7 Å². The lowest BCUT2D eigenvalue weighted by Gasteiger charge is -2.25. The van der Waals surface area contributed by atoms with Crippen molar-refractivity contribution in [2.75, 3.05) is 5.75 Å². The normalized spacial score (nSPS) is 15.1. The number of carboxylic acids is 1. The maximum Gasteiger partial charge on any atom is 0.326 e. The SMILES string of the molecule is CCC(C)C(N)C(=O)NC(Cc1c[nH]c2ccccc12)C(=O)NC(CS)C(=O)NC(CCC(N)=O)C(=O)O. The van der Waals surface area contributed by atoms with E-state index in [0.29, 0.717) is 6.42 Å². The van der Waals surface area contributed by atoms with Gasteiger partial charge in [-0.15, -0.1) is 0 Å². The van der Waals surface area contributed by atoms with Gasteiger partial charge in [0.15, 0.2) is 0 Å². The van der Waals surface area contributed by atoms with Crippen molar-refractivity contribution in [1.29, 1.82) is 0 Å². The summed E-state index contributed by atoms with van der Waals surface area (Å²) in [6, 6.07) is 2.94. The zero-order valence-corrected chi connectivity index (χ0v) is 22.3. The molecule has 208 valence electrons. The fourth-order valence-electron chi connectivity index (χ4n) is 3.79. The number of nitrogens with one attached hydrogen (secondary N) is 4. The Morgan fingerprint density at radius 3 is 2.21 bits per heavy atom. The van der Waals surface area contributed by atoms with Gasteiger partial charge in [-0.05, 0) is 24.0 Å². The number of thiol groups is 1. The number of primary amides is 1. The monoisotopic (exact) mass is 548 g/mol. The third-order valence-corrected chi connectivity index (χ3v) is 6.77. The number of carboxylic acid groups (broad SMARTS) is 1. The number of H-pyrrole nitrogens is 1. The molecule has 0 radical (unpaired) electrons. The average molecular weight is 549 g/mol. The van der Waals surface area contributed by atoms with Crippen molar-refractivity contribution in [1.82, 2.24) is 20.9 Å². The number of aromatic nitrogens is 1. The molecule has 0 bridgehead atoms. The standard InChI is InChI=1S/C25H36N6O6S/c1-3-13(2)21(27)24(35)30-18(10-14-11-28-16-7-5-4-6-15(14)16)22(33)31-19(12-38)23(34)29-17(25(36)37)8-9-20(26)32/h4-7,11,13,17-19,21,28,38H,3,8-10,12,27H2,1-2H3,(H2,26,32)(H,29,34)(H,30,35)(H,31,33)(H,36,37). The number of aromatic amines is 1. The van der Waals surface area contributed by atoms with Crippen molar-refractivity contribution in [2.24, 2.45) is 17.4 Å². The highest BCUT2D eigenvalue weighted by Crippen LogP contribution is 2.19. The number of fused-ring (bicyclic) bond motifs is 1. The molecule has 0 fully saturated rings. The number of amides is 4. The second kappa shape index (κ2) is 14.4. The van der Waals surface area contributed by atoms with E-state index < -0.39 is 53.8 Å². The molecule has 5 atom stereocenters. The minimum Gasteiger partial charge on any atom is -0.480 e. The van der Waals surface area contributed by atoms with Crippen LogP contribution >= 0.6 is 12.6 Å². The molecule has 38 heavy (non-hydrogen) atoms. The van der Waals surface area contributed by atoms with Crippen molar-refractivity contribution >= 4 is 53.1 Å². The van der Waals surface area contributed by atoms with Crippen LogP contribution in [0.15, 0.2) is 30.5 Å². The van der Waals surface area contributed by atoms with E-state index in [4.69, 9.17) is 11.5 Å². The minimum absolute atomic E-state index is 0.103. The predicted molar refractivity (Wildman–Crippen MR) is 145 cm³/mol. The van der Waals surface area contributed by atoms with Crippen molar-refractivity contribution in [3.8, 4) is 0 Å². The Morgan fingerprint density at radius 1 is 1.00 bits per heavy atom. The molecule has 13 heteroatoms. The first-order valence-corrected chi connectivity index (χ1v) is 12.9. The average Bonchev–Trinajstić information content (AvgIpc) is 3.30. The van der Waals surface area contributed by atoms with E-state index >= 15 is 0 Å². The van der Waals surface area contributed by atoms with Crippen LogP contribution in [0.4, 0.5) is 0 Å². The van der Waals surface area contributed by atoms with Gasteiger partial charge in [0.1, 0.15) is 18.1 Å². The number of para-hydroxylation sites is 1.